The molecule has 26 heavy (non-hydrogen) atoms. The van der Waals surface area contributed by atoms with Gasteiger partial charge in [0.1, 0.15) is 11.5 Å². The molecule has 0 spiro atoms. The van der Waals surface area contributed by atoms with Crippen LogP contribution in [0.15, 0.2) is 42.5 Å². The first-order chi connectivity index (χ1) is 12.6. The van der Waals surface area contributed by atoms with Crippen molar-refractivity contribution in [2.45, 2.75) is 20.0 Å². The standard InChI is InChI=1S/C19H17N3O3S/c1-3-24-15-8-9-16-17(10-15)26-19(21-16)22-18(23)12(2)25-14-6-4-13(11-20)5-7-14/h4-10,12H,3H2,1-2H3,(H,21,22,23)/t12-/m1/s1. The van der Waals surface area contributed by atoms with Gasteiger partial charge in [-0.25, -0.2) is 4.98 Å². The van der Waals surface area contributed by atoms with Crippen LogP contribution in [0.5, 0.6) is 11.5 Å². The fourth-order valence-corrected chi connectivity index (χ4v) is 3.18. The van der Waals surface area contributed by atoms with Crippen LogP contribution >= 0.6 is 11.3 Å². The first kappa shape index (κ1) is 17.7. The molecular weight excluding hydrogens is 350 g/mol. The van der Waals surface area contributed by atoms with E-state index in [1.807, 2.05) is 31.2 Å². The van der Waals surface area contributed by atoms with Crippen molar-refractivity contribution in [1.29, 1.82) is 5.26 Å². The van der Waals surface area contributed by atoms with E-state index in [0.717, 1.165) is 16.0 Å². The van der Waals surface area contributed by atoms with Crippen LogP contribution in [0.2, 0.25) is 0 Å². The number of benzene rings is 2. The number of hydrogen-bond acceptors (Lipinski definition) is 6. The summed E-state index contributed by atoms with van der Waals surface area (Å²) in [4.78, 5) is 16.7. The molecule has 0 aliphatic heterocycles. The van der Waals surface area contributed by atoms with Crippen molar-refractivity contribution in [2.75, 3.05) is 11.9 Å². The highest BCUT2D eigenvalue weighted by molar-refractivity contribution is 7.22. The minimum atomic E-state index is -0.700. The van der Waals surface area contributed by atoms with Gasteiger partial charge in [-0.3, -0.25) is 10.1 Å². The normalized spacial score (nSPS) is 11.6. The molecule has 1 N–H and O–H groups in total. The Morgan fingerprint density at radius 1 is 1.27 bits per heavy atom. The summed E-state index contributed by atoms with van der Waals surface area (Å²) in [6.07, 6.45) is -0.700. The highest BCUT2D eigenvalue weighted by Crippen LogP contribution is 2.29. The second-order valence-corrected chi connectivity index (χ2v) is 6.50. The summed E-state index contributed by atoms with van der Waals surface area (Å²) in [6, 6.07) is 14.3. The zero-order valence-corrected chi connectivity index (χ0v) is 15.2. The Hall–Kier alpha value is -3.11. The Morgan fingerprint density at radius 2 is 2.00 bits per heavy atom. The van der Waals surface area contributed by atoms with E-state index in [0.29, 0.717) is 23.1 Å². The van der Waals surface area contributed by atoms with Crippen molar-refractivity contribution in [1.82, 2.24) is 4.98 Å². The van der Waals surface area contributed by atoms with E-state index in [1.54, 1.807) is 31.2 Å². The summed E-state index contributed by atoms with van der Waals surface area (Å²) in [5, 5.41) is 12.1. The van der Waals surface area contributed by atoms with E-state index in [-0.39, 0.29) is 5.91 Å². The third kappa shape index (κ3) is 4.10. The van der Waals surface area contributed by atoms with E-state index in [1.165, 1.54) is 11.3 Å². The maximum absolute atomic E-state index is 12.3. The molecule has 0 fully saturated rings. The Kier molecular flexibility index (Phi) is 5.34. The molecule has 0 saturated heterocycles. The Balaban J connectivity index is 1.66. The summed E-state index contributed by atoms with van der Waals surface area (Å²) < 4.78 is 12.0. The number of ether oxygens (including phenoxy) is 2. The van der Waals surface area contributed by atoms with Gasteiger partial charge in [0.05, 0.1) is 28.5 Å². The van der Waals surface area contributed by atoms with Crippen molar-refractivity contribution in [3.05, 3.63) is 48.0 Å². The van der Waals surface area contributed by atoms with Gasteiger partial charge >= 0.3 is 0 Å². The van der Waals surface area contributed by atoms with Crippen molar-refractivity contribution in [3.63, 3.8) is 0 Å². The lowest BCUT2D eigenvalue weighted by molar-refractivity contribution is -0.122. The van der Waals surface area contributed by atoms with Gasteiger partial charge < -0.3 is 9.47 Å². The van der Waals surface area contributed by atoms with Gasteiger partial charge in [-0.1, -0.05) is 11.3 Å². The topological polar surface area (TPSA) is 84.2 Å². The number of anilines is 1. The summed E-state index contributed by atoms with van der Waals surface area (Å²) in [6.45, 7) is 4.18. The monoisotopic (exact) mass is 367 g/mol. The third-order valence-electron chi connectivity index (χ3n) is 3.57. The lowest BCUT2D eigenvalue weighted by Gasteiger charge is -2.13. The molecule has 3 aromatic rings. The maximum atomic E-state index is 12.3. The molecule has 1 heterocycles. The maximum Gasteiger partial charge on any atom is 0.266 e. The smallest absolute Gasteiger partial charge is 0.266 e. The Morgan fingerprint density at radius 3 is 2.69 bits per heavy atom. The molecule has 1 atom stereocenters. The van der Waals surface area contributed by atoms with Crippen molar-refractivity contribution < 1.29 is 14.3 Å². The second kappa shape index (κ2) is 7.85. The van der Waals surface area contributed by atoms with Gasteiger partial charge in [-0.2, -0.15) is 5.26 Å². The van der Waals surface area contributed by atoms with Crippen LogP contribution in [0.4, 0.5) is 5.13 Å². The lowest BCUT2D eigenvalue weighted by Crippen LogP contribution is -2.30. The fourth-order valence-electron chi connectivity index (χ4n) is 2.29. The number of aromatic nitrogens is 1. The van der Waals surface area contributed by atoms with Gasteiger partial charge in [0.25, 0.3) is 5.91 Å². The van der Waals surface area contributed by atoms with Crippen LogP contribution in [-0.4, -0.2) is 23.6 Å². The predicted octanol–water partition coefficient (Wildman–Crippen LogP) is 3.97. The van der Waals surface area contributed by atoms with E-state index >= 15 is 0 Å². The summed E-state index contributed by atoms with van der Waals surface area (Å²) >= 11 is 1.38. The number of nitrogens with zero attached hydrogens (tertiary/aromatic N) is 2. The van der Waals surface area contributed by atoms with E-state index in [2.05, 4.69) is 10.3 Å². The first-order valence-corrected chi connectivity index (χ1v) is 8.91. The summed E-state index contributed by atoms with van der Waals surface area (Å²) in [7, 11) is 0. The zero-order valence-electron chi connectivity index (χ0n) is 14.4. The molecule has 0 aliphatic rings. The third-order valence-corrected chi connectivity index (χ3v) is 4.50. The highest BCUT2D eigenvalue weighted by atomic mass is 32.1. The second-order valence-electron chi connectivity index (χ2n) is 5.47. The number of hydrogen-bond donors (Lipinski definition) is 1. The van der Waals surface area contributed by atoms with E-state index < -0.39 is 6.10 Å². The van der Waals surface area contributed by atoms with E-state index in [9.17, 15) is 4.79 Å². The SMILES string of the molecule is CCOc1ccc2nc(NC(=O)[C@@H](C)Oc3ccc(C#N)cc3)sc2c1. The molecule has 132 valence electrons. The Labute approximate surface area is 155 Å². The minimum absolute atomic E-state index is 0.293. The van der Waals surface area contributed by atoms with Crippen molar-refractivity contribution >= 4 is 32.6 Å². The first-order valence-electron chi connectivity index (χ1n) is 8.10. The molecule has 3 rings (SSSR count). The van der Waals surface area contributed by atoms with Crippen molar-refractivity contribution in [2.24, 2.45) is 0 Å². The molecule has 0 saturated carbocycles. The predicted molar refractivity (Wildman–Crippen MR) is 101 cm³/mol. The lowest BCUT2D eigenvalue weighted by atomic mass is 10.2. The highest BCUT2D eigenvalue weighted by Gasteiger charge is 2.17. The number of nitrogens with one attached hydrogen (secondary N) is 1. The van der Waals surface area contributed by atoms with Gasteiger partial charge in [-0.05, 0) is 56.3 Å². The van der Waals surface area contributed by atoms with Crippen LogP contribution < -0.4 is 14.8 Å². The number of nitriles is 1. The number of carbonyl (C=O) groups excluding carboxylic acids is 1. The molecular formula is C19H17N3O3S. The average molecular weight is 367 g/mol. The molecule has 0 aliphatic carbocycles. The molecule has 0 unspecified atom stereocenters. The molecule has 7 heteroatoms. The van der Waals surface area contributed by atoms with Gasteiger partial charge in [-0.15, -0.1) is 0 Å². The average Bonchev–Trinajstić information content (AvgIpc) is 3.04. The van der Waals surface area contributed by atoms with Crippen LogP contribution in [0.1, 0.15) is 19.4 Å². The van der Waals surface area contributed by atoms with Gasteiger partial charge in [0, 0.05) is 0 Å². The summed E-state index contributed by atoms with van der Waals surface area (Å²) in [5.74, 6) is 1.01. The Bertz CT molecular complexity index is 960. The van der Waals surface area contributed by atoms with Crippen LogP contribution in [0.25, 0.3) is 10.2 Å². The number of amides is 1. The minimum Gasteiger partial charge on any atom is -0.494 e. The number of carbonyl (C=O) groups is 1. The number of fused-ring (bicyclic) bond motifs is 1. The van der Waals surface area contributed by atoms with Crippen molar-refractivity contribution in [3.8, 4) is 17.6 Å². The number of rotatable bonds is 6. The number of thiazole rings is 1. The molecule has 1 amide bonds. The molecule has 2 aromatic carbocycles. The quantitative estimate of drug-likeness (QED) is 0.712. The van der Waals surface area contributed by atoms with Gasteiger partial charge in [0.15, 0.2) is 11.2 Å². The molecule has 0 bridgehead atoms. The molecule has 1 aromatic heterocycles. The van der Waals surface area contributed by atoms with E-state index in [4.69, 9.17) is 14.7 Å². The zero-order chi connectivity index (χ0) is 18.5. The summed E-state index contributed by atoms with van der Waals surface area (Å²) in [5.41, 5.74) is 1.34. The van der Waals surface area contributed by atoms with Crippen LogP contribution in [0, 0.1) is 11.3 Å². The fraction of sp³-hybridized carbons (Fsp3) is 0.211. The largest absolute Gasteiger partial charge is 0.494 e. The molecule has 6 nitrogen and oxygen atoms in total. The van der Waals surface area contributed by atoms with Crippen LogP contribution in [0.3, 0.4) is 0 Å². The molecule has 0 radical (unpaired) electrons. The van der Waals surface area contributed by atoms with Crippen LogP contribution in [-0.2, 0) is 4.79 Å². The van der Waals surface area contributed by atoms with Gasteiger partial charge in [0.2, 0.25) is 0 Å².